The zero-order valence-corrected chi connectivity index (χ0v) is 18.6. The zero-order valence-electron chi connectivity index (χ0n) is 16.3. The molecule has 2 heterocycles. The van der Waals surface area contributed by atoms with Crippen LogP contribution in [0, 0.1) is 0 Å². The summed E-state index contributed by atoms with van der Waals surface area (Å²) in [5.41, 5.74) is 7.81. The molecule has 156 valence electrons. The van der Waals surface area contributed by atoms with Crippen LogP contribution in [0.2, 0.25) is 0 Å². The van der Waals surface area contributed by atoms with Crippen molar-refractivity contribution in [3.8, 4) is 17.4 Å². The summed E-state index contributed by atoms with van der Waals surface area (Å²) in [5.74, 6) is 2.45. The van der Waals surface area contributed by atoms with Gasteiger partial charge in [0.05, 0.1) is 19.8 Å². The molecule has 0 unspecified atom stereocenters. The van der Waals surface area contributed by atoms with E-state index in [4.69, 9.17) is 19.9 Å². The molecule has 0 saturated heterocycles. The highest BCUT2D eigenvalue weighted by Gasteiger charge is 2.18. The predicted octanol–water partition coefficient (Wildman–Crippen LogP) is 4.11. The monoisotopic (exact) mass is 510 g/mol. The van der Waals surface area contributed by atoms with Crippen molar-refractivity contribution >= 4 is 35.6 Å². The van der Waals surface area contributed by atoms with Crippen LogP contribution in [0.4, 0.5) is 5.69 Å². The van der Waals surface area contributed by atoms with Gasteiger partial charge in [0, 0.05) is 29.9 Å². The van der Waals surface area contributed by atoms with E-state index in [0.717, 1.165) is 42.0 Å². The molecule has 0 amide bonds. The number of nitrogens with zero attached hydrogens (tertiary/aromatic N) is 2. The smallest absolute Gasteiger partial charge is 0.218 e. The highest BCUT2D eigenvalue weighted by molar-refractivity contribution is 14.0. The predicted molar refractivity (Wildman–Crippen MR) is 124 cm³/mol. The van der Waals surface area contributed by atoms with Crippen LogP contribution in [-0.2, 0) is 6.54 Å². The average molecular weight is 510 g/mol. The molecule has 29 heavy (non-hydrogen) atoms. The van der Waals surface area contributed by atoms with Gasteiger partial charge < -0.3 is 25.3 Å². The summed E-state index contributed by atoms with van der Waals surface area (Å²) in [6.45, 7) is 1.71. The molecule has 8 heteroatoms. The van der Waals surface area contributed by atoms with Gasteiger partial charge in [-0.2, -0.15) is 0 Å². The van der Waals surface area contributed by atoms with Crippen molar-refractivity contribution in [3.63, 3.8) is 0 Å². The largest absolute Gasteiger partial charge is 0.490 e. The summed E-state index contributed by atoms with van der Waals surface area (Å²) >= 11 is 0. The van der Waals surface area contributed by atoms with Gasteiger partial charge >= 0.3 is 0 Å². The third kappa shape index (κ3) is 5.88. The van der Waals surface area contributed by atoms with Crippen molar-refractivity contribution in [3.05, 3.63) is 42.1 Å². The third-order valence-electron chi connectivity index (χ3n) is 4.87. The Hall–Kier alpha value is -2.23. The molecule has 2 aromatic rings. The number of anilines is 1. The lowest BCUT2D eigenvalue weighted by molar-refractivity contribution is 0.199. The number of rotatable bonds is 5. The summed E-state index contributed by atoms with van der Waals surface area (Å²) in [5, 5.41) is 3.11. The van der Waals surface area contributed by atoms with E-state index >= 15 is 0 Å². The first kappa shape index (κ1) is 21.5. The summed E-state index contributed by atoms with van der Waals surface area (Å²) in [6.07, 6.45) is 7.50. The molecule has 1 aromatic heterocycles. The number of aliphatic imine (C=N–C) groups is 1. The van der Waals surface area contributed by atoms with Gasteiger partial charge in [0.1, 0.15) is 6.10 Å². The second-order valence-electron chi connectivity index (χ2n) is 7.03. The molecule has 2 aliphatic rings. The van der Waals surface area contributed by atoms with E-state index in [2.05, 4.69) is 15.3 Å². The second-order valence-corrected chi connectivity index (χ2v) is 7.03. The van der Waals surface area contributed by atoms with Crippen molar-refractivity contribution in [1.82, 2.24) is 4.98 Å². The summed E-state index contributed by atoms with van der Waals surface area (Å²) in [6, 6.07) is 9.52. The number of benzene rings is 1. The Balaban J connectivity index is 0.00000240. The fourth-order valence-electron chi connectivity index (χ4n) is 3.41. The minimum Gasteiger partial charge on any atom is -0.490 e. The van der Waals surface area contributed by atoms with Crippen molar-refractivity contribution < 1.29 is 14.2 Å². The van der Waals surface area contributed by atoms with E-state index in [1.807, 2.05) is 30.3 Å². The van der Waals surface area contributed by atoms with Crippen LogP contribution >= 0.6 is 24.0 Å². The lowest BCUT2D eigenvalue weighted by Crippen LogP contribution is -2.22. The third-order valence-corrected chi connectivity index (χ3v) is 4.87. The maximum Gasteiger partial charge on any atom is 0.218 e. The van der Waals surface area contributed by atoms with Gasteiger partial charge in [0.25, 0.3) is 0 Å². The molecular formula is C21H27IN4O3. The van der Waals surface area contributed by atoms with E-state index in [-0.39, 0.29) is 30.1 Å². The molecule has 7 nitrogen and oxygen atoms in total. The van der Waals surface area contributed by atoms with E-state index in [1.165, 1.54) is 12.8 Å². The fraction of sp³-hybridized carbons (Fsp3) is 0.429. The van der Waals surface area contributed by atoms with Crippen molar-refractivity contribution in [2.75, 3.05) is 18.5 Å². The first-order chi connectivity index (χ1) is 13.8. The Labute approximate surface area is 188 Å². The average Bonchev–Trinajstić information content (AvgIpc) is 3.10. The summed E-state index contributed by atoms with van der Waals surface area (Å²) < 4.78 is 17.4. The number of hydrogen-bond acceptors (Lipinski definition) is 5. The van der Waals surface area contributed by atoms with Crippen LogP contribution in [0.25, 0.3) is 0 Å². The SMILES string of the molecule is I.NC(=NCc1cccnc1OC1CCCC1)Nc1ccc2c(c1)OCCCO2. The summed E-state index contributed by atoms with van der Waals surface area (Å²) in [4.78, 5) is 8.82. The maximum absolute atomic E-state index is 6.08. The Morgan fingerprint density at radius 3 is 2.76 bits per heavy atom. The van der Waals surface area contributed by atoms with Gasteiger partial charge in [-0.1, -0.05) is 6.07 Å². The molecule has 3 N–H and O–H groups in total. The lowest BCUT2D eigenvalue weighted by atomic mass is 10.2. The van der Waals surface area contributed by atoms with Crippen molar-refractivity contribution in [2.45, 2.75) is 44.8 Å². The molecule has 1 aromatic carbocycles. The fourth-order valence-corrected chi connectivity index (χ4v) is 3.41. The number of pyridine rings is 1. The lowest BCUT2D eigenvalue weighted by Gasteiger charge is -2.14. The van der Waals surface area contributed by atoms with E-state index in [9.17, 15) is 0 Å². The topological polar surface area (TPSA) is 91.0 Å². The van der Waals surface area contributed by atoms with Crippen molar-refractivity contribution in [1.29, 1.82) is 0 Å². The van der Waals surface area contributed by atoms with Crippen LogP contribution in [0.15, 0.2) is 41.5 Å². The Bertz CT molecular complexity index is 840. The molecule has 0 atom stereocenters. The number of ether oxygens (including phenoxy) is 3. The standard InChI is InChI=1S/C21H26N4O3.HI/c22-21(25-16-8-9-18-19(13-16)27-12-4-11-26-18)24-14-15-5-3-10-23-20(15)28-17-6-1-2-7-17;/h3,5,8-10,13,17H,1-2,4,6-7,11-12,14H2,(H3,22,24,25);1H. The number of guanidine groups is 1. The molecule has 4 rings (SSSR count). The number of nitrogens with one attached hydrogen (secondary N) is 1. The van der Waals surface area contributed by atoms with E-state index < -0.39 is 0 Å². The van der Waals surface area contributed by atoms with Gasteiger partial charge in [-0.05, 0) is 43.9 Å². The van der Waals surface area contributed by atoms with E-state index in [0.29, 0.717) is 31.6 Å². The second kappa shape index (κ2) is 10.5. The number of nitrogens with two attached hydrogens (primary N) is 1. The minimum atomic E-state index is 0. The number of hydrogen-bond donors (Lipinski definition) is 2. The van der Waals surface area contributed by atoms with Gasteiger partial charge in [-0.25, -0.2) is 9.98 Å². The molecule has 1 fully saturated rings. The zero-order chi connectivity index (χ0) is 19.2. The van der Waals surface area contributed by atoms with Crippen molar-refractivity contribution in [2.24, 2.45) is 10.7 Å². The molecule has 1 aliphatic heterocycles. The Morgan fingerprint density at radius 2 is 1.93 bits per heavy atom. The molecule has 0 bridgehead atoms. The van der Waals surface area contributed by atoms with Gasteiger partial charge in [-0.3, -0.25) is 0 Å². The Kier molecular flexibility index (Phi) is 7.79. The van der Waals surface area contributed by atoms with Crippen LogP contribution in [0.1, 0.15) is 37.7 Å². The normalized spacial score (nSPS) is 16.6. The molecule has 1 aliphatic carbocycles. The first-order valence-electron chi connectivity index (χ1n) is 9.85. The highest BCUT2D eigenvalue weighted by Crippen LogP contribution is 2.32. The number of halogens is 1. The van der Waals surface area contributed by atoms with Crippen LogP contribution in [0.5, 0.6) is 17.4 Å². The summed E-state index contributed by atoms with van der Waals surface area (Å²) in [7, 11) is 0. The minimum absolute atomic E-state index is 0. The highest BCUT2D eigenvalue weighted by atomic mass is 127. The molecular weight excluding hydrogens is 483 g/mol. The molecule has 0 spiro atoms. The maximum atomic E-state index is 6.08. The van der Waals surface area contributed by atoms with Crippen LogP contribution in [0.3, 0.4) is 0 Å². The first-order valence-corrected chi connectivity index (χ1v) is 9.85. The van der Waals surface area contributed by atoms with Gasteiger partial charge in [0.15, 0.2) is 17.5 Å². The molecule has 1 saturated carbocycles. The van der Waals surface area contributed by atoms with Gasteiger partial charge in [-0.15, -0.1) is 24.0 Å². The number of fused-ring (bicyclic) bond motifs is 1. The van der Waals surface area contributed by atoms with Crippen LogP contribution in [-0.4, -0.2) is 30.3 Å². The molecule has 0 radical (unpaired) electrons. The van der Waals surface area contributed by atoms with E-state index in [1.54, 1.807) is 6.20 Å². The quantitative estimate of drug-likeness (QED) is 0.358. The number of aromatic nitrogens is 1. The van der Waals surface area contributed by atoms with Gasteiger partial charge in [0.2, 0.25) is 5.88 Å². The Morgan fingerprint density at radius 1 is 1.14 bits per heavy atom. The van der Waals surface area contributed by atoms with Crippen LogP contribution < -0.4 is 25.3 Å².